The van der Waals surface area contributed by atoms with Crippen molar-refractivity contribution in [3.63, 3.8) is 0 Å². The lowest BCUT2D eigenvalue weighted by molar-refractivity contribution is -0.119. The third-order valence-corrected chi connectivity index (χ3v) is 6.47. The van der Waals surface area contributed by atoms with E-state index in [-0.39, 0.29) is 12.0 Å². The normalized spacial score (nSPS) is 30.8. The Kier molecular flexibility index (Phi) is 6.53. The van der Waals surface area contributed by atoms with Gasteiger partial charge in [-0.3, -0.25) is 9.69 Å². The molecule has 0 unspecified atom stereocenters. The Morgan fingerprint density at radius 3 is 2.88 bits per heavy atom. The Hall–Kier alpha value is -0.910. The number of piperidine rings is 1. The number of halogens is 1. The number of likely N-dealkylation sites (tertiary alicyclic amines) is 1. The number of aliphatic hydroxyl groups is 1. The van der Waals surface area contributed by atoms with Gasteiger partial charge in [-0.15, -0.1) is 0 Å². The van der Waals surface area contributed by atoms with Crippen LogP contribution in [0, 0.1) is 11.8 Å². The highest BCUT2D eigenvalue weighted by Gasteiger charge is 2.37. The van der Waals surface area contributed by atoms with Gasteiger partial charge < -0.3 is 10.4 Å². The van der Waals surface area contributed by atoms with Gasteiger partial charge in [0.1, 0.15) is 0 Å². The van der Waals surface area contributed by atoms with Crippen molar-refractivity contribution in [2.45, 2.75) is 57.6 Å². The topological polar surface area (TPSA) is 52.6 Å². The summed E-state index contributed by atoms with van der Waals surface area (Å²) < 4.78 is 0.898. The lowest BCUT2D eigenvalue weighted by Crippen LogP contribution is -2.51. The first-order valence-corrected chi connectivity index (χ1v) is 10.3. The number of para-hydroxylation sites is 1. The second-order valence-corrected chi connectivity index (χ2v) is 8.57. The maximum atomic E-state index is 12.6. The molecule has 0 bridgehead atoms. The summed E-state index contributed by atoms with van der Waals surface area (Å²) in [6.07, 6.45) is 6.31. The van der Waals surface area contributed by atoms with Gasteiger partial charge in [-0.2, -0.15) is 0 Å². The molecule has 1 aromatic rings. The van der Waals surface area contributed by atoms with Gasteiger partial charge >= 0.3 is 0 Å². The van der Waals surface area contributed by atoms with Gasteiger partial charge in [0.25, 0.3) is 0 Å². The van der Waals surface area contributed by atoms with E-state index in [1.54, 1.807) is 0 Å². The highest BCUT2D eigenvalue weighted by atomic mass is 79.9. The molecule has 2 fully saturated rings. The maximum Gasteiger partial charge on any atom is 0.238 e. The molecule has 3 rings (SSSR count). The molecule has 5 heteroatoms. The summed E-state index contributed by atoms with van der Waals surface area (Å²) in [4.78, 5) is 14.9. The molecule has 1 aromatic carbocycles. The highest BCUT2D eigenvalue weighted by molar-refractivity contribution is 9.10. The molecule has 1 heterocycles. The first-order chi connectivity index (χ1) is 12.0. The van der Waals surface area contributed by atoms with Crippen LogP contribution in [0.25, 0.3) is 0 Å². The molecule has 1 aliphatic heterocycles. The van der Waals surface area contributed by atoms with E-state index in [9.17, 15) is 9.90 Å². The Bertz CT molecular complexity index is 595. The predicted molar refractivity (Wildman–Crippen MR) is 104 cm³/mol. The number of rotatable bonds is 4. The first-order valence-electron chi connectivity index (χ1n) is 9.51. The fraction of sp³-hybridized carbons (Fsp3) is 0.650. The number of amides is 1. The Morgan fingerprint density at radius 1 is 1.28 bits per heavy atom. The zero-order valence-corrected chi connectivity index (χ0v) is 16.5. The number of hydrogen-bond acceptors (Lipinski definition) is 3. The molecule has 0 radical (unpaired) electrons. The second kappa shape index (κ2) is 8.65. The third-order valence-electron chi connectivity index (χ3n) is 5.78. The standard InChI is InChI=1S/C20H29BrN2O2/c1-14-9-10-19(24)15(12-14)18-8-4-5-11-23(18)13-20(25)22-17-7-3-2-6-16(17)21/h2-3,6-7,14-15,18-19,24H,4-5,8-13H2,1H3,(H,22,25)/t14-,15+,18+,19+/m1/s1. The van der Waals surface area contributed by atoms with Crippen molar-refractivity contribution in [3.8, 4) is 0 Å². The van der Waals surface area contributed by atoms with Gasteiger partial charge in [-0.25, -0.2) is 0 Å². The number of carbonyl (C=O) groups excluding carboxylic acids is 1. The number of aliphatic hydroxyl groups excluding tert-OH is 1. The quantitative estimate of drug-likeness (QED) is 0.789. The minimum absolute atomic E-state index is 0.0251. The minimum Gasteiger partial charge on any atom is -0.393 e. The average molecular weight is 409 g/mol. The molecular formula is C20H29BrN2O2. The summed E-state index contributed by atoms with van der Waals surface area (Å²) in [5.74, 6) is 1.00. The molecule has 0 aromatic heterocycles. The van der Waals surface area contributed by atoms with Crippen molar-refractivity contribution in [3.05, 3.63) is 28.7 Å². The Labute approximate surface area is 159 Å². The van der Waals surface area contributed by atoms with Crippen LogP contribution in [0.4, 0.5) is 5.69 Å². The molecule has 1 amide bonds. The SMILES string of the molecule is C[C@@H]1CC[C@H](O)[C@H]([C@@H]2CCCCN2CC(=O)Nc2ccccc2Br)C1. The first kappa shape index (κ1) is 18.9. The van der Waals surface area contributed by atoms with Crippen molar-refractivity contribution in [2.24, 2.45) is 11.8 Å². The van der Waals surface area contributed by atoms with Crippen LogP contribution in [0.2, 0.25) is 0 Å². The zero-order chi connectivity index (χ0) is 17.8. The average Bonchev–Trinajstić information content (AvgIpc) is 2.60. The fourth-order valence-corrected chi connectivity index (χ4v) is 4.84. The van der Waals surface area contributed by atoms with Crippen LogP contribution >= 0.6 is 15.9 Å². The van der Waals surface area contributed by atoms with E-state index in [4.69, 9.17) is 0 Å². The van der Waals surface area contributed by atoms with Crippen LogP contribution in [0.15, 0.2) is 28.7 Å². The molecule has 1 saturated carbocycles. The van der Waals surface area contributed by atoms with Gasteiger partial charge in [0.2, 0.25) is 5.91 Å². The van der Waals surface area contributed by atoms with Gasteiger partial charge in [0.15, 0.2) is 0 Å². The van der Waals surface area contributed by atoms with E-state index in [1.165, 1.54) is 6.42 Å². The minimum atomic E-state index is -0.215. The summed E-state index contributed by atoms with van der Waals surface area (Å²) in [6, 6.07) is 8.02. The lowest BCUT2D eigenvalue weighted by Gasteiger charge is -2.44. The lowest BCUT2D eigenvalue weighted by atomic mass is 9.74. The van der Waals surface area contributed by atoms with E-state index in [2.05, 4.69) is 33.1 Å². The molecule has 2 N–H and O–H groups in total. The smallest absolute Gasteiger partial charge is 0.238 e. The Morgan fingerprint density at radius 2 is 2.08 bits per heavy atom. The van der Waals surface area contributed by atoms with Crippen LogP contribution in [0.1, 0.15) is 45.4 Å². The summed E-state index contributed by atoms with van der Waals surface area (Å²) in [7, 11) is 0. The number of benzene rings is 1. The van der Waals surface area contributed by atoms with Crippen LogP contribution in [-0.2, 0) is 4.79 Å². The molecule has 1 saturated heterocycles. The molecular weight excluding hydrogens is 380 g/mol. The monoisotopic (exact) mass is 408 g/mol. The number of anilines is 1. The van der Waals surface area contributed by atoms with Crippen molar-refractivity contribution in [1.82, 2.24) is 4.90 Å². The predicted octanol–water partition coefficient (Wildman–Crippen LogP) is 4.04. The fourth-order valence-electron chi connectivity index (χ4n) is 4.46. The molecule has 1 aliphatic carbocycles. The number of hydrogen-bond donors (Lipinski definition) is 2. The Balaban J connectivity index is 1.64. The number of nitrogens with one attached hydrogen (secondary N) is 1. The van der Waals surface area contributed by atoms with E-state index in [0.717, 1.165) is 48.8 Å². The molecule has 4 atom stereocenters. The van der Waals surface area contributed by atoms with Crippen LogP contribution in [0.5, 0.6) is 0 Å². The molecule has 25 heavy (non-hydrogen) atoms. The molecule has 138 valence electrons. The largest absolute Gasteiger partial charge is 0.393 e. The van der Waals surface area contributed by atoms with Crippen LogP contribution in [0.3, 0.4) is 0 Å². The van der Waals surface area contributed by atoms with Gasteiger partial charge in [0.05, 0.1) is 18.3 Å². The van der Waals surface area contributed by atoms with Crippen molar-refractivity contribution in [2.75, 3.05) is 18.4 Å². The third kappa shape index (κ3) is 4.83. The summed E-state index contributed by atoms with van der Waals surface area (Å²) >= 11 is 3.48. The van der Waals surface area contributed by atoms with E-state index >= 15 is 0 Å². The van der Waals surface area contributed by atoms with Crippen molar-refractivity contribution < 1.29 is 9.90 Å². The van der Waals surface area contributed by atoms with E-state index in [1.807, 2.05) is 24.3 Å². The highest BCUT2D eigenvalue weighted by Crippen LogP contribution is 2.36. The van der Waals surface area contributed by atoms with Gasteiger partial charge in [-0.05, 0) is 72.6 Å². The van der Waals surface area contributed by atoms with Crippen molar-refractivity contribution >= 4 is 27.5 Å². The van der Waals surface area contributed by atoms with Crippen molar-refractivity contribution in [1.29, 1.82) is 0 Å². The maximum absolute atomic E-state index is 12.6. The number of carbonyl (C=O) groups is 1. The van der Waals surface area contributed by atoms with Gasteiger partial charge in [0, 0.05) is 16.4 Å². The van der Waals surface area contributed by atoms with E-state index < -0.39 is 0 Å². The van der Waals surface area contributed by atoms with E-state index in [0.29, 0.717) is 24.4 Å². The number of nitrogens with zero attached hydrogens (tertiary/aromatic N) is 1. The second-order valence-electron chi connectivity index (χ2n) is 7.71. The summed E-state index contributed by atoms with van der Waals surface area (Å²) in [5.41, 5.74) is 0.812. The van der Waals surface area contributed by atoms with Crippen LogP contribution < -0.4 is 5.32 Å². The molecule has 4 nitrogen and oxygen atoms in total. The summed E-state index contributed by atoms with van der Waals surface area (Å²) in [5, 5.41) is 13.5. The molecule has 2 aliphatic rings. The molecule has 0 spiro atoms. The summed E-state index contributed by atoms with van der Waals surface area (Å²) in [6.45, 7) is 3.64. The van der Waals surface area contributed by atoms with Crippen LogP contribution in [-0.4, -0.2) is 41.1 Å². The zero-order valence-electron chi connectivity index (χ0n) is 15.0. The van der Waals surface area contributed by atoms with Gasteiger partial charge in [-0.1, -0.05) is 25.5 Å².